The molecule has 2 amide bonds. The molecule has 1 heterocycles. The van der Waals surface area contributed by atoms with E-state index in [0.29, 0.717) is 13.1 Å². The molecule has 1 aromatic carbocycles. The molecule has 5 heteroatoms. The first-order valence-corrected chi connectivity index (χ1v) is 10.5. The number of carbonyl (C=O) groups excluding carboxylic acids is 2. The Balaban J connectivity index is 1.77. The summed E-state index contributed by atoms with van der Waals surface area (Å²) in [7, 11) is 0. The van der Waals surface area contributed by atoms with Crippen LogP contribution in [-0.4, -0.2) is 53.8 Å². The van der Waals surface area contributed by atoms with E-state index in [9.17, 15) is 9.59 Å². The normalized spacial score (nSPS) is 15.5. The Labute approximate surface area is 164 Å². The van der Waals surface area contributed by atoms with Gasteiger partial charge in [0.25, 0.3) is 0 Å². The van der Waals surface area contributed by atoms with Crippen LogP contribution in [0, 0.1) is 0 Å². The fourth-order valence-electron chi connectivity index (χ4n) is 3.48. The van der Waals surface area contributed by atoms with Crippen molar-refractivity contribution in [3.63, 3.8) is 0 Å². The Hall–Kier alpha value is -1.88. The first-order valence-electron chi connectivity index (χ1n) is 10.5. The molecule has 0 spiro atoms. The third kappa shape index (κ3) is 7.33. The topological polar surface area (TPSA) is 52.7 Å². The summed E-state index contributed by atoms with van der Waals surface area (Å²) in [4.78, 5) is 29.1. The zero-order valence-electron chi connectivity index (χ0n) is 17.0. The van der Waals surface area contributed by atoms with E-state index in [1.54, 1.807) is 4.90 Å². The summed E-state index contributed by atoms with van der Waals surface area (Å²) >= 11 is 0. The van der Waals surface area contributed by atoms with Crippen LogP contribution in [0.25, 0.3) is 0 Å². The van der Waals surface area contributed by atoms with Crippen molar-refractivity contribution in [3.05, 3.63) is 35.9 Å². The number of likely N-dealkylation sites (tertiary alicyclic amines) is 1. The minimum absolute atomic E-state index is 0.104. The van der Waals surface area contributed by atoms with Crippen molar-refractivity contribution in [2.24, 2.45) is 0 Å². The minimum atomic E-state index is -0.427. The van der Waals surface area contributed by atoms with E-state index < -0.39 is 5.91 Å². The molecular weight excluding hydrogens is 338 g/mol. The molecule has 27 heavy (non-hydrogen) atoms. The number of unbranched alkanes of at least 4 members (excludes halogenated alkanes) is 2. The van der Waals surface area contributed by atoms with Gasteiger partial charge < -0.3 is 10.2 Å². The van der Waals surface area contributed by atoms with Crippen LogP contribution in [0.3, 0.4) is 0 Å². The number of piperidine rings is 1. The van der Waals surface area contributed by atoms with Crippen LogP contribution in [0.5, 0.6) is 0 Å². The minimum Gasteiger partial charge on any atom is -0.345 e. The number of nitrogens with one attached hydrogen (secondary N) is 1. The van der Waals surface area contributed by atoms with Crippen LogP contribution in [0.2, 0.25) is 0 Å². The Bertz CT molecular complexity index is 560. The molecule has 0 atom stereocenters. The molecule has 1 aliphatic rings. The Kier molecular flexibility index (Phi) is 9.32. The molecule has 1 saturated heterocycles. The second-order valence-electron chi connectivity index (χ2n) is 7.51. The largest absolute Gasteiger partial charge is 0.345 e. The molecule has 1 aromatic rings. The Morgan fingerprint density at radius 3 is 2.19 bits per heavy atom. The van der Waals surface area contributed by atoms with E-state index >= 15 is 0 Å². The van der Waals surface area contributed by atoms with Gasteiger partial charge in [0.05, 0.1) is 0 Å². The Morgan fingerprint density at radius 2 is 1.63 bits per heavy atom. The van der Waals surface area contributed by atoms with Gasteiger partial charge in [0.2, 0.25) is 0 Å². The predicted octanol–water partition coefficient (Wildman–Crippen LogP) is 3.20. The van der Waals surface area contributed by atoms with Gasteiger partial charge in [-0.3, -0.25) is 14.5 Å². The van der Waals surface area contributed by atoms with Crippen molar-refractivity contribution < 1.29 is 9.59 Å². The van der Waals surface area contributed by atoms with Crippen LogP contribution in [0.4, 0.5) is 0 Å². The average molecular weight is 374 g/mol. The zero-order chi connectivity index (χ0) is 19.5. The van der Waals surface area contributed by atoms with Crippen molar-refractivity contribution in [3.8, 4) is 0 Å². The van der Waals surface area contributed by atoms with Crippen LogP contribution in [-0.2, 0) is 16.1 Å². The van der Waals surface area contributed by atoms with Crippen LogP contribution in [0.15, 0.2) is 30.3 Å². The van der Waals surface area contributed by atoms with E-state index in [4.69, 9.17) is 0 Å². The van der Waals surface area contributed by atoms with Crippen molar-refractivity contribution in [2.75, 3.05) is 26.2 Å². The molecule has 0 saturated carbocycles. The second kappa shape index (κ2) is 11.8. The number of nitrogens with zero attached hydrogens (tertiary/aromatic N) is 2. The second-order valence-corrected chi connectivity index (χ2v) is 7.51. The van der Waals surface area contributed by atoms with Gasteiger partial charge in [-0.15, -0.1) is 0 Å². The van der Waals surface area contributed by atoms with Crippen LogP contribution in [0.1, 0.15) is 57.9 Å². The fourth-order valence-corrected chi connectivity index (χ4v) is 3.48. The summed E-state index contributed by atoms with van der Waals surface area (Å²) < 4.78 is 0. The van der Waals surface area contributed by atoms with Crippen molar-refractivity contribution in [2.45, 2.75) is 65.0 Å². The van der Waals surface area contributed by atoms with Crippen molar-refractivity contribution in [1.82, 2.24) is 15.1 Å². The highest BCUT2D eigenvalue weighted by molar-refractivity contribution is 6.35. The third-order valence-electron chi connectivity index (χ3n) is 5.22. The number of carbonyl (C=O) groups is 2. The maximum atomic E-state index is 12.5. The number of hydrogen-bond acceptors (Lipinski definition) is 3. The van der Waals surface area contributed by atoms with E-state index in [2.05, 4.69) is 48.3 Å². The molecule has 5 nitrogen and oxygen atoms in total. The SMILES string of the molecule is CCCCN(CCCC)C(=O)C(=O)NC1CCN(Cc2ccccc2)CC1. The summed E-state index contributed by atoms with van der Waals surface area (Å²) in [6.45, 7) is 8.41. The molecular formula is C22H35N3O2. The molecule has 0 aromatic heterocycles. The molecule has 0 radical (unpaired) electrons. The first kappa shape index (κ1) is 21.4. The molecule has 0 unspecified atom stereocenters. The van der Waals surface area contributed by atoms with Crippen LogP contribution >= 0.6 is 0 Å². The highest BCUT2D eigenvalue weighted by atomic mass is 16.2. The first-order chi connectivity index (χ1) is 13.1. The van der Waals surface area contributed by atoms with Crippen molar-refractivity contribution >= 4 is 11.8 Å². The third-order valence-corrected chi connectivity index (χ3v) is 5.22. The highest BCUT2D eigenvalue weighted by Gasteiger charge is 2.26. The standard InChI is InChI=1S/C22H35N3O2/c1-3-5-14-25(15-6-4-2)22(27)21(26)23-20-12-16-24(17-13-20)18-19-10-8-7-9-11-19/h7-11,20H,3-6,12-18H2,1-2H3,(H,23,26). The molecule has 0 aliphatic carbocycles. The maximum Gasteiger partial charge on any atom is 0.311 e. The van der Waals surface area contributed by atoms with Gasteiger partial charge in [-0.05, 0) is 31.2 Å². The smallest absolute Gasteiger partial charge is 0.311 e. The molecule has 150 valence electrons. The molecule has 2 rings (SSSR count). The lowest BCUT2D eigenvalue weighted by atomic mass is 10.0. The molecule has 1 fully saturated rings. The lowest BCUT2D eigenvalue weighted by Crippen LogP contribution is -2.50. The summed E-state index contributed by atoms with van der Waals surface area (Å²) in [5, 5.41) is 2.98. The maximum absolute atomic E-state index is 12.5. The molecule has 0 bridgehead atoms. The van der Waals surface area contributed by atoms with Crippen LogP contribution < -0.4 is 5.32 Å². The van der Waals surface area contributed by atoms with Gasteiger partial charge >= 0.3 is 11.8 Å². The monoisotopic (exact) mass is 373 g/mol. The van der Waals surface area contributed by atoms with E-state index in [-0.39, 0.29) is 11.9 Å². The van der Waals surface area contributed by atoms with E-state index in [0.717, 1.165) is 58.2 Å². The number of rotatable bonds is 9. The van der Waals surface area contributed by atoms with Gasteiger partial charge in [0, 0.05) is 38.8 Å². The lowest BCUT2D eigenvalue weighted by Gasteiger charge is -2.32. The number of amides is 2. The van der Waals surface area contributed by atoms with E-state index in [1.807, 2.05) is 6.07 Å². The summed E-state index contributed by atoms with van der Waals surface area (Å²) in [5.41, 5.74) is 1.32. The lowest BCUT2D eigenvalue weighted by molar-refractivity contribution is -0.146. The average Bonchev–Trinajstić information content (AvgIpc) is 2.70. The fraction of sp³-hybridized carbons (Fsp3) is 0.636. The quantitative estimate of drug-likeness (QED) is 0.676. The highest BCUT2D eigenvalue weighted by Crippen LogP contribution is 2.14. The summed E-state index contributed by atoms with van der Waals surface area (Å²) in [5.74, 6) is -0.785. The van der Waals surface area contributed by atoms with E-state index in [1.165, 1.54) is 5.56 Å². The van der Waals surface area contributed by atoms with Gasteiger partial charge in [-0.2, -0.15) is 0 Å². The Morgan fingerprint density at radius 1 is 1.04 bits per heavy atom. The number of benzene rings is 1. The molecule has 1 N–H and O–H groups in total. The van der Waals surface area contributed by atoms with Gasteiger partial charge in [-0.1, -0.05) is 57.0 Å². The predicted molar refractivity (Wildman–Crippen MR) is 109 cm³/mol. The molecule has 1 aliphatic heterocycles. The number of hydrogen-bond donors (Lipinski definition) is 1. The zero-order valence-corrected chi connectivity index (χ0v) is 17.0. The van der Waals surface area contributed by atoms with Gasteiger partial charge in [0.15, 0.2) is 0 Å². The van der Waals surface area contributed by atoms with Gasteiger partial charge in [0.1, 0.15) is 0 Å². The van der Waals surface area contributed by atoms with Gasteiger partial charge in [-0.25, -0.2) is 0 Å². The van der Waals surface area contributed by atoms with Crippen molar-refractivity contribution in [1.29, 1.82) is 0 Å². The summed E-state index contributed by atoms with van der Waals surface area (Å²) in [6.07, 6.45) is 5.74. The summed E-state index contributed by atoms with van der Waals surface area (Å²) in [6, 6.07) is 10.6.